The Balaban J connectivity index is 0.905. The molecule has 0 saturated carbocycles. The van der Waals surface area contributed by atoms with Crippen LogP contribution in [0.1, 0.15) is 83.5 Å². The summed E-state index contributed by atoms with van der Waals surface area (Å²) in [6, 6.07) is 73.3. The van der Waals surface area contributed by atoms with Crippen LogP contribution in [0.4, 0.5) is 45.5 Å². The molecule has 1 aromatic heterocycles. The van der Waals surface area contributed by atoms with Gasteiger partial charge in [0, 0.05) is 62.2 Å². The summed E-state index contributed by atoms with van der Waals surface area (Å²) >= 11 is 0. The van der Waals surface area contributed by atoms with E-state index in [1.54, 1.807) is 0 Å². The summed E-state index contributed by atoms with van der Waals surface area (Å²) in [5.41, 5.74) is 49.7. The number of fused-ring (bicyclic) bond motifs is 15. The number of ether oxygens (including phenoxy) is 2. The molecule has 9 heteroatoms. The van der Waals surface area contributed by atoms with E-state index in [1.807, 2.05) is 0 Å². The van der Waals surface area contributed by atoms with E-state index in [4.69, 9.17) is 9.47 Å². The average molecular weight is 1320 g/mol. The van der Waals surface area contributed by atoms with Gasteiger partial charge >= 0.3 is 0 Å². The van der Waals surface area contributed by atoms with E-state index in [0.717, 1.165) is 79.2 Å². The van der Waals surface area contributed by atoms with Crippen molar-refractivity contribution in [3.05, 3.63) is 272 Å². The van der Waals surface area contributed by atoms with Crippen LogP contribution in [-0.4, -0.2) is 24.7 Å². The molecule has 0 fully saturated rings. The molecule has 0 radical (unpaired) electrons. The van der Waals surface area contributed by atoms with E-state index in [-0.39, 0.29) is 20.1 Å². The van der Waals surface area contributed by atoms with E-state index in [2.05, 4.69) is 312 Å². The van der Waals surface area contributed by atoms with Gasteiger partial charge in [0.15, 0.2) is 0 Å². The third kappa shape index (κ3) is 8.45. The van der Waals surface area contributed by atoms with Gasteiger partial charge in [0.2, 0.25) is 0 Å². The molecule has 0 unspecified atom stereocenters. The number of nitrogens with one attached hydrogen (secondary N) is 1. The maximum atomic E-state index is 8.01. The minimum absolute atomic E-state index is 0.109. The lowest BCUT2D eigenvalue weighted by atomic mass is 9.29. The molecular weight excluding hydrogens is 1240 g/mol. The van der Waals surface area contributed by atoms with Gasteiger partial charge in [0.25, 0.3) is 20.1 Å². The summed E-state index contributed by atoms with van der Waals surface area (Å²) in [6.45, 7) is 33.4. The van der Waals surface area contributed by atoms with Crippen molar-refractivity contribution in [2.24, 2.45) is 0 Å². The van der Waals surface area contributed by atoms with Gasteiger partial charge < -0.3 is 29.2 Å². The van der Waals surface area contributed by atoms with Crippen molar-refractivity contribution >= 4 is 137 Å². The van der Waals surface area contributed by atoms with Crippen LogP contribution in [0, 0.1) is 104 Å². The SMILES string of the molecule is Cc1cc(C)c(-c2cc3c4c(c2)N(c2c(C)cc(C)cc2C)c2cc5c(cc2B4c2cc4c(cc2O3)N(c2c(C)cc(C)cc2C)c2cc(-c3c(C)cc(C)cc3C)cc3c2B4c2ccccc2O3)B2c3c(cc(-c4c(C)cc(C)cc4C)cc3-n3c4ccccc4c4cccc2c43)N5)c(C)c1. The first kappa shape index (κ1) is 60.8. The third-order valence-corrected chi connectivity index (χ3v) is 23.7. The molecule has 14 aromatic rings. The normalized spacial score (nSPS) is 13.6. The Kier molecular flexibility index (Phi) is 12.8. The molecule has 6 aliphatic heterocycles. The zero-order valence-electron chi connectivity index (χ0n) is 60.8. The number of hydrogen-bond donors (Lipinski definition) is 1. The van der Waals surface area contributed by atoms with Gasteiger partial charge in [0.05, 0.1) is 16.9 Å². The Hall–Kier alpha value is -11.1. The van der Waals surface area contributed by atoms with Gasteiger partial charge in [-0.2, -0.15) is 0 Å². The van der Waals surface area contributed by atoms with Gasteiger partial charge in [-0.1, -0.05) is 155 Å². The summed E-state index contributed by atoms with van der Waals surface area (Å²) in [5.74, 6) is 3.50. The Bertz CT molecular complexity index is 6110. The van der Waals surface area contributed by atoms with Gasteiger partial charge in [-0.3, -0.25) is 0 Å². The van der Waals surface area contributed by atoms with Crippen LogP contribution in [0.3, 0.4) is 0 Å². The van der Waals surface area contributed by atoms with E-state index in [0.29, 0.717) is 0 Å². The van der Waals surface area contributed by atoms with Crippen molar-refractivity contribution in [2.75, 3.05) is 15.1 Å². The lowest BCUT2D eigenvalue weighted by Gasteiger charge is -2.45. The molecule has 6 nitrogen and oxygen atoms in total. The maximum absolute atomic E-state index is 8.01. The second-order valence-corrected chi connectivity index (χ2v) is 31.0. The highest BCUT2D eigenvalue weighted by Gasteiger charge is 2.50. The van der Waals surface area contributed by atoms with Gasteiger partial charge in [0.1, 0.15) is 23.0 Å². The largest absolute Gasteiger partial charge is 0.458 e. The van der Waals surface area contributed by atoms with E-state index >= 15 is 0 Å². The van der Waals surface area contributed by atoms with E-state index in [1.165, 1.54) is 183 Å². The highest BCUT2D eigenvalue weighted by atomic mass is 16.5. The number of rotatable bonds is 5. The molecule has 13 aromatic carbocycles. The second kappa shape index (κ2) is 21.5. The maximum Gasteiger partial charge on any atom is 0.256 e. The molecule has 7 heterocycles. The van der Waals surface area contributed by atoms with Crippen molar-refractivity contribution in [1.29, 1.82) is 0 Å². The second-order valence-electron chi connectivity index (χ2n) is 31.0. The standard InChI is InChI=1S/C93H77B3N4O2/c1-47-27-52(6)85(53(7)28-47)62-37-74-88-78(38-62)98-75-25-18-16-21-65(75)66-22-20-24-68(93(66)98)95(88)69-43-70-76(45-73(69)97-74)99(91-58(12)33-50(4)34-59(91)13)80-40-64(87-56(10)31-49(3)32-57(87)11)42-84-90(80)96(70)72-44-71-77(46-82(72)102-84)100(92-60(14)35-51(5)36-61(92)15)79-39-63(86-54(8)29-48(2)30-55(86)9)41-83-89(79)94(71)67-23-17-19-26-81(67)101-83/h16-46,97H,1-15H3. The molecule has 102 heavy (non-hydrogen) atoms. The van der Waals surface area contributed by atoms with Gasteiger partial charge in [-0.25, -0.2) is 0 Å². The minimum atomic E-state index is -0.274. The molecule has 0 saturated heterocycles. The first-order valence-electron chi connectivity index (χ1n) is 36.4. The summed E-state index contributed by atoms with van der Waals surface area (Å²) in [5, 5.41) is 6.86. The predicted octanol–water partition coefficient (Wildman–Crippen LogP) is 18.1. The molecule has 0 spiro atoms. The Morgan fingerprint density at radius 1 is 0.284 bits per heavy atom. The van der Waals surface area contributed by atoms with E-state index in [9.17, 15) is 0 Å². The van der Waals surface area contributed by atoms with Crippen LogP contribution in [0.2, 0.25) is 0 Å². The zero-order valence-corrected chi connectivity index (χ0v) is 60.8. The lowest BCUT2D eigenvalue weighted by Crippen LogP contribution is -2.65. The highest BCUT2D eigenvalue weighted by molar-refractivity contribution is 7.04. The van der Waals surface area contributed by atoms with Crippen molar-refractivity contribution in [3.8, 4) is 62.1 Å². The monoisotopic (exact) mass is 1310 g/mol. The fraction of sp³-hybridized carbons (Fsp3) is 0.161. The summed E-state index contributed by atoms with van der Waals surface area (Å²) in [6.07, 6.45) is 0. The first-order valence-corrected chi connectivity index (χ1v) is 36.4. The van der Waals surface area contributed by atoms with Crippen LogP contribution in [0.15, 0.2) is 188 Å². The fourth-order valence-corrected chi connectivity index (χ4v) is 20.6. The molecule has 0 amide bonds. The molecule has 1 N–H and O–H groups in total. The molecular formula is C93H77B3N4O2. The summed E-state index contributed by atoms with van der Waals surface area (Å²) < 4.78 is 17.9. The molecule has 0 atom stereocenters. The van der Waals surface area contributed by atoms with Crippen LogP contribution in [0.5, 0.6) is 23.0 Å². The van der Waals surface area contributed by atoms with Crippen LogP contribution in [0.25, 0.3) is 60.9 Å². The smallest absolute Gasteiger partial charge is 0.256 e. The van der Waals surface area contributed by atoms with Crippen LogP contribution in [-0.2, 0) is 0 Å². The number of aryl methyl sites for hydroxylation is 15. The summed E-state index contributed by atoms with van der Waals surface area (Å²) in [7, 11) is 0. The number of aromatic nitrogens is 1. The molecule has 0 aliphatic carbocycles. The number of benzene rings is 13. The zero-order chi connectivity index (χ0) is 69.6. The Morgan fingerprint density at radius 2 is 0.706 bits per heavy atom. The third-order valence-electron chi connectivity index (χ3n) is 23.7. The topological polar surface area (TPSA) is 41.9 Å². The number of nitrogens with zero attached hydrogens (tertiary/aromatic N) is 3. The van der Waals surface area contributed by atoms with Crippen molar-refractivity contribution < 1.29 is 9.47 Å². The summed E-state index contributed by atoms with van der Waals surface area (Å²) in [4.78, 5) is 5.22. The first-order chi connectivity index (χ1) is 49.2. The molecule has 6 aliphatic rings. The quantitative estimate of drug-likeness (QED) is 0.174. The predicted molar refractivity (Wildman–Crippen MR) is 434 cm³/mol. The van der Waals surface area contributed by atoms with Crippen LogP contribution < -0.4 is 73.8 Å². The average Bonchev–Trinajstić information content (AvgIpc) is 0.911. The lowest BCUT2D eigenvalue weighted by molar-refractivity contribution is 0.487. The Morgan fingerprint density at radius 3 is 1.25 bits per heavy atom. The van der Waals surface area contributed by atoms with Crippen molar-refractivity contribution in [2.45, 2.75) is 104 Å². The number of hydrogen-bond acceptors (Lipinski definition) is 5. The van der Waals surface area contributed by atoms with Crippen molar-refractivity contribution in [1.82, 2.24) is 4.57 Å². The number of anilines is 8. The fourth-order valence-electron chi connectivity index (χ4n) is 20.6. The van der Waals surface area contributed by atoms with E-state index < -0.39 is 0 Å². The van der Waals surface area contributed by atoms with Crippen LogP contribution >= 0.6 is 0 Å². The molecule has 0 bridgehead atoms. The van der Waals surface area contributed by atoms with Crippen molar-refractivity contribution in [3.63, 3.8) is 0 Å². The van der Waals surface area contributed by atoms with Gasteiger partial charge in [-0.05, 0) is 297 Å². The molecule has 20 rings (SSSR count). The number of para-hydroxylation sites is 3. The Labute approximate surface area is 599 Å². The van der Waals surface area contributed by atoms with Gasteiger partial charge in [-0.15, -0.1) is 0 Å². The highest BCUT2D eigenvalue weighted by Crippen LogP contribution is 2.52. The minimum Gasteiger partial charge on any atom is -0.458 e. The molecule has 490 valence electrons.